The summed E-state index contributed by atoms with van der Waals surface area (Å²) in [6, 6.07) is -0.596. The minimum Gasteiger partial charge on any atom is -0.348 e. The van der Waals surface area contributed by atoms with Crippen molar-refractivity contribution in [3.8, 4) is 0 Å². The van der Waals surface area contributed by atoms with Gasteiger partial charge >= 0.3 is 0 Å². The van der Waals surface area contributed by atoms with Gasteiger partial charge in [-0.1, -0.05) is 6.92 Å². The normalized spacial score (nSPS) is 26.2. The Bertz CT molecular complexity index is 579. The van der Waals surface area contributed by atoms with E-state index in [2.05, 4.69) is 6.92 Å². The molecular weight excluding hydrogens is 350 g/mol. The number of fused-ring (bicyclic) bond motifs is 1. The second-order valence-corrected chi connectivity index (χ2v) is 9.87. The van der Waals surface area contributed by atoms with Gasteiger partial charge in [-0.25, -0.2) is 8.42 Å². The van der Waals surface area contributed by atoms with E-state index in [0.717, 1.165) is 12.2 Å². The Labute approximate surface area is 148 Å². The predicted octanol–water partition coefficient (Wildman–Crippen LogP) is -0.472. The highest BCUT2D eigenvalue weighted by atomic mass is 32.2. The van der Waals surface area contributed by atoms with Gasteiger partial charge in [0.05, 0.1) is 29.8 Å². The average Bonchev–Trinajstić information content (AvgIpc) is 2.82. The predicted molar refractivity (Wildman–Crippen MR) is 95.8 cm³/mol. The Morgan fingerprint density at radius 2 is 1.83 bits per heavy atom. The zero-order chi connectivity index (χ0) is 17.9. The number of carbonyl (C=O) groups excluding carboxylic acids is 2. The van der Waals surface area contributed by atoms with Crippen LogP contribution in [0.4, 0.5) is 0 Å². The largest absolute Gasteiger partial charge is 0.348 e. The van der Waals surface area contributed by atoms with Gasteiger partial charge in [-0.15, -0.1) is 0 Å². The number of thioether (sulfide) groups is 1. The third kappa shape index (κ3) is 4.64. The first-order valence-electron chi connectivity index (χ1n) is 8.27. The minimum absolute atomic E-state index is 0.00844. The lowest BCUT2D eigenvalue weighted by molar-refractivity contribution is -0.136. The third-order valence-corrected chi connectivity index (χ3v) is 7.37. The molecule has 0 aliphatic carbocycles. The van der Waals surface area contributed by atoms with Crippen molar-refractivity contribution in [3.05, 3.63) is 0 Å². The fourth-order valence-corrected chi connectivity index (χ4v) is 6.02. The summed E-state index contributed by atoms with van der Waals surface area (Å²) in [5.41, 5.74) is 0. The van der Waals surface area contributed by atoms with Crippen LogP contribution in [0.15, 0.2) is 0 Å². The summed E-state index contributed by atoms with van der Waals surface area (Å²) >= 11 is 1.59. The summed E-state index contributed by atoms with van der Waals surface area (Å²) < 4.78 is 24.3. The van der Waals surface area contributed by atoms with Gasteiger partial charge in [0.15, 0.2) is 9.84 Å². The first-order valence-corrected chi connectivity index (χ1v) is 11.2. The molecule has 2 fully saturated rings. The van der Waals surface area contributed by atoms with Crippen molar-refractivity contribution < 1.29 is 18.0 Å². The van der Waals surface area contributed by atoms with E-state index < -0.39 is 9.84 Å². The standard InChI is InChI=1S/C15H27N3O4S2/c1-4-7-23-9-15(20)18-6-5-17(8-14(19)16(2)3)12-10-24(21,22)11-13(12)18/h12-13H,4-11H2,1-3H3/t12-,13+/m1/s1. The highest BCUT2D eigenvalue weighted by Crippen LogP contribution is 2.27. The lowest BCUT2D eigenvalue weighted by Crippen LogP contribution is -2.62. The van der Waals surface area contributed by atoms with Crippen LogP contribution >= 0.6 is 11.8 Å². The van der Waals surface area contributed by atoms with Gasteiger partial charge in [0, 0.05) is 33.2 Å². The molecule has 0 aromatic heterocycles. The molecule has 7 nitrogen and oxygen atoms in total. The molecule has 0 N–H and O–H groups in total. The van der Waals surface area contributed by atoms with Crippen molar-refractivity contribution in [1.82, 2.24) is 14.7 Å². The summed E-state index contributed by atoms with van der Waals surface area (Å²) in [5.74, 6) is 1.33. The van der Waals surface area contributed by atoms with Crippen LogP contribution in [0.3, 0.4) is 0 Å². The quantitative estimate of drug-likeness (QED) is 0.582. The summed E-state index contributed by atoms with van der Waals surface area (Å²) in [5, 5.41) is 0. The third-order valence-electron chi connectivity index (χ3n) is 4.52. The van der Waals surface area contributed by atoms with Gasteiger partial charge in [-0.2, -0.15) is 11.8 Å². The molecule has 138 valence electrons. The number of carbonyl (C=O) groups is 2. The van der Waals surface area contributed by atoms with Gasteiger partial charge in [-0.3, -0.25) is 14.5 Å². The zero-order valence-electron chi connectivity index (χ0n) is 14.6. The number of amides is 2. The Morgan fingerprint density at radius 3 is 2.46 bits per heavy atom. The molecule has 0 unspecified atom stereocenters. The van der Waals surface area contributed by atoms with Crippen LogP contribution < -0.4 is 0 Å². The topological polar surface area (TPSA) is 78.0 Å². The molecule has 0 radical (unpaired) electrons. The molecule has 0 aromatic carbocycles. The van der Waals surface area contributed by atoms with E-state index in [4.69, 9.17) is 0 Å². The van der Waals surface area contributed by atoms with E-state index >= 15 is 0 Å². The molecule has 0 bridgehead atoms. The number of piperazine rings is 1. The van der Waals surface area contributed by atoms with Crippen molar-refractivity contribution >= 4 is 33.4 Å². The number of hydrogen-bond donors (Lipinski definition) is 0. The van der Waals surface area contributed by atoms with E-state index in [1.54, 1.807) is 30.8 Å². The molecule has 0 spiro atoms. The lowest BCUT2D eigenvalue weighted by atomic mass is 10.0. The van der Waals surface area contributed by atoms with Crippen molar-refractivity contribution in [2.45, 2.75) is 25.4 Å². The highest BCUT2D eigenvalue weighted by Gasteiger charge is 2.48. The van der Waals surface area contributed by atoms with E-state index in [1.165, 1.54) is 4.90 Å². The van der Waals surface area contributed by atoms with Crippen LogP contribution in [0.25, 0.3) is 0 Å². The Hall–Kier alpha value is -0.800. The highest BCUT2D eigenvalue weighted by molar-refractivity contribution is 7.99. The lowest BCUT2D eigenvalue weighted by Gasteiger charge is -2.43. The molecule has 0 saturated carbocycles. The number of likely N-dealkylation sites (N-methyl/N-ethyl adjacent to an activating group) is 1. The zero-order valence-corrected chi connectivity index (χ0v) is 16.2. The molecule has 2 rings (SSSR count). The summed E-state index contributed by atoms with van der Waals surface area (Å²) in [6.07, 6.45) is 1.01. The molecular formula is C15H27N3O4S2. The fraction of sp³-hybridized carbons (Fsp3) is 0.867. The van der Waals surface area contributed by atoms with Gasteiger partial charge in [-0.05, 0) is 12.2 Å². The SMILES string of the molecule is CCCSCC(=O)N1CCN(CC(=O)N(C)C)[C@@H]2CS(=O)(=O)C[C@@H]21. The van der Waals surface area contributed by atoms with Gasteiger partial charge < -0.3 is 9.80 Å². The van der Waals surface area contributed by atoms with Crippen molar-refractivity contribution in [1.29, 1.82) is 0 Å². The summed E-state index contributed by atoms with van der Waals surface area (Å²) in [7, 11) is 0.204. The summed E-state index contributed by atoms with van der Waals surface area (Å²) in [4.78, 5) is 29.7. The number of hydrogen-bond acceptors (Lipinski definition) is 6. The van der Waals surface area contributed by atoms with Crippen LogP contribution in [0.2, 0.25) is 0 Å². The Morgan fingerprint density at radius 1 is 1.17 bits per heavy atom. The maximum atomic E-state index is 12.5. The second-order valence-electron chi connectivity index (χ2n) is 6.61. The molecule has 2 aliphatic heterocycles. The maximum Gasteiger partial charge on any atom is 0.236 e. The first-order chi connectivity index (χ1) is 11.2. The monoisotopic (exact) mass is 377 g/mol. The minimum atomic E-state index is -3.18. The molecule has 2 saturated heterocycles. The van der Waals surface area contributed by atoms with E-state index in [9.17, 15) is 18.0 Å². The van der Waals surface area contributed by atoms with Gasteiger partial charge in [0.1, 0.15) is 0 Å². The molecule has 2 amide bonds. The van der Waals surface area contributed by atoms with Crippen LogP contribution in [0, 0.1) is 0 Å². The van der Waals surface area contributed by atoms with Crippen LogP contribution in [0.5, 0.6) is 0 Å². The number of sulfone groups is 1. The number of rotatable bonds is 6. The Kier molecular flexibility index (Phi) is 6.55. The first kappa shape index (κ1) is 19.5. The Balaban J connectivity index is 2.09. The molecule has 24 heavy (non-hydrogen) atoms. The fourth-order valence-electron chi connectivity index (χ4n) is 3.23. The van der Waals surface area contributed by atoms with Crippen molar-refractivity contribution in [3.63, 3.8) is 0 Å². The molecule has 0 aromatic rings. The van der Waals surface area contributed by atoms with E-state index in [-0.39, 0.29) is 41.9 Å². The van der Waals surface area contributed by atoms with Gasteiger partial charge in [0.2, 0.25) is 11.8 Å². The smallest absolute Gasteiger partial charge is 0.236 e. The molecule has 9 heteroatoms. The van der Waals surface area contributed by atoms with E-state index in [1.807, 2.05) is 4.90 Å². The summed E-state index contributed by atoms with van der Waals surface area (Å²) in [6.45, 7) is 3.30. The average molecular weight is 378 g/mol. The molecule has 2 atom stereocenters. The van der Waals surface area contributed by atoms with Gasteiger partial charge in [0.25, 0.3) is 0 Å². The molecule has 2 heterocycles. The van der Waals surface area contributed by atoms with Crippen molar-refractivity contribution in [2.24, 2.45) is 0 Å². The number of nitrogens with zero attached hydrogens (tertiary/aromatic N) is 3. The van der Waals surface area contributed by atoms with Crippen LogP contribution in [0.1, 0.15) is 13.3 Å². The van der Waals surface area contributed by atoms with E-state index in [0.29, 0.717) is 18.8 Å². The maximum absolute atomic E-state index is 12.5. The van der Waals surface area contributed by atoms with Crippen LogP contribution in [-0.4, -0.2) is 104 Å². The second kappa shape index (κ2) is 8.05. The van der Waals surface area contributed by atoms with Crippen LogP contribution in [-0.2, 0) is 19.4 Å². The van der Waals surface area contributed by atoms with Crippen molar-refractivity contribution in [2.75, 3.05) is 56.7 Å². The molecule has 2 aliphatic rings.